The summed E-state index contributed by atoms with van der Waals surface area (Å²) in [6.45, 7) is 2.16. The molecule has 1 aromatic heterocycles. The van der Waals surface area contributed by atoms with Crippen LogP contribution in [-0.4, -0.2) is 15.9 Å². The van der Waals surface area contributed by atoms with Gasteiger partial charge >= 0.3 is 0 Å². The van der Waals surface area contributed by atoms with Crippen molar-refractivity contribution in [2.75, 3.05) is 10.6 Å². The Balaban J connectivity index is 1.64. The zero-order valence-corrected chi connectivity index (χ0v) is 15.1. The first-order valence-corrected chi connectivity index (χ1v) is 8.90. The third-order valence-corrected chi connectivity index (χ3v) is 4.20. The van der Waals surface area contributed by atoms with Gasteiger partial charge in [0.25, 0.3) is 5.91 Å². The van der Waals surface area contributed by atoms with Gasteiger partial charge in [0.2, 0.25) is 0 Å². The number of carbonyl (C=O) groups is 1. The SMILES string of the molecule is CCCCc1ccc(NC(=O)/C(C#N)=C\Nc2ccc3nc[nH]c3c2)cc1. The van der Waals surface area contributed by atoms with Crippen LogP contribution in [0.15, 0.2) is 60.6 Å². The van der Waals surface area contributed by atoms with Crippen LogP contribution in [0.5, 0.6) is 0 Å². The lowest BCUT2D eigenvalue weighted by molar-refractivity contribution is -0.112. The predicted molar refractivity (Wildman–Crippen MR) is 107 cm³/mol. The van der Waals surface area contributed by atoms with E-state index in [0.717, 1.165) is 36.0 Å². The largest absolute Gasteiger partial charge is 0.360 e. The fraction of sp³-hybridized carbons (Fsp3) is 0.190. The van der Waals surface area contributed by atoms with E-state index in [2.05, 4.69) is 27.5 Å². The Labute approximate surface area is 157 Å². The Kier molecular flexibility index (Phi) is 5.85. The minimum absolute atomic E-state index is 0.00485. The quantitative estimate of drug-likeness (QED) is 0.431. The molecule has 0 aliphatic carbocycles. The number of anilines is 2. The van der Waals surface area contributed by atoms with E-state index in [1.807, 2.05) is 48.5 Å². The summed E-state index contributed by atoms with van der Waals surface area (Å²) in [6, 6.07) is 15.2. The average Bonchev–Trinajstić information content (AvgIpc) is 3.16. The number of imidazole rings is 1. The van der Waals surface area contributed by atoms with E-state index in [1.165, 1.54) is 11.8 Å². The van der Waals surface area contributed by atoms with E-state index in [9.17, 15) is 10.1 Å². The number of aromatic amines is 1. The number of unbranched alkanes of at least 4 members (excludes halogenated alkanes) is 1. The van der Waals surface area contributed by atoms with Crippen LogP contribution >= 0.6 is 0 Å². The van der Waals surface area contributed by atoms with Gasteiger partial charge in [-0.2, -0.15) is 5.26 Å². The van der Waals surface area contributed by atoms with Crippen LogP contribution in [0.2, 0.25) is 0 Å². The molecular weight excluding hydrogens is 338 g/mol. The summed E-state index contributed by atoms with van der Waals surface area (Å²) in [5.41, 5.74) is 4.38. The highest BCUT2D eigenvalue weighted by Gasteiger charge is 2.09. The molecular formula is C21H21N5O. The van der Waals surface area contributed by atoms with Crippen LogP contribution < -0.4 is 10.6 Å². The summed E-state index contributed by atoms with van der Waals surface area (Å²) in [5, 5.41) is 15.0. The predicted octanol–water partition coefficient (Wildman–Crippen LogP) is 4.36. The van der Waals surface area contributed by atoms with Crippen molar-refractivity contribution in [3.05, 3.63) is 66.1 Å². The number of amides is 1. The standard InChI is InChI=1S/C21H21N5O/c1-2-3-4-15-5-7-17(8-6-15)26-21(27)16(12-22)13-23-18-9-10-19-20(11-18)25-14-24-19/h5-11,13-14,23H,2-4H2,1H3,(H,24,25)(H,26,27)/b16-13-. The maximum Gasteiger partial charge on any atom is 0.267 e. The molecule has 0 fully saturated rings. The highest BCUT2D eigenvalue weighted by Crippen LogP contribution is 2.16. The van der Waals surface area contributed by atoms with Crippen LogP contribution in [0.4, 0.5) is 11.4 Å². The number of carbonyl (C=O) groups excluding carboxylic acids is 1. The first-order chi connectivity index (χ1) is 13.2. The van der Waals surface area contributed by atoms with Crippen LogP contribution in [-0.2, 0) is 11.2 Å². The highest BCUT2D eigenvalue weighted by atomic mass is 16.1. The maximum absolute atomic E-state index is 12.3. The van der Waals surface area contributed by atoms with Crippen LogP contribution in [0.25, 0.3) is 11.0 Å². The Hall–Kier alpha value is -3.59. The van der Waals surface area contributed by atoms with Crippen molar-refractivity contribution < 1.29 is 4.79 Å². The summed E-state index contributed by atoms with van der Waals surface area (Å²) in [6.07, 6.45) is 6.34. The number of nitrogens with one attached hydrogen (secondary N) is 3. The van der Waals surface area contributed by atoms with Gasteiger partial charge in [-0.05, 0) is 48.7 Å². The first-order valence-electron chi connectivity index (χ1n) is 8.90. The first kappa shape index (κ1) is 18.2. The normalized spacial score (nSPS) is 11.2. The number of rotatable bonds is 7. The number of H-pyrrole nitrogens is 1. The number of fused-ring (bicyclic) bond motifs is 1. The van der Waals surface area contributed by atoms with Crippen molar-refractivity contribution in [2.45, 2.75) is 26.2 Å². The average molecular weight is 359 g/mol. The molecule has 6 nitrogen and oxygen atoms in total. The molecule has 0 radical (unpaired) electrons. The monoisotopic (exact) mass is 359 g/mol. The third kappa shape index (κ3) is 4.73. The number of nitrogens with zero attached hydrogens (tertiary/aromatic N) is 2. The van der Waals surface area contributed by atoms with Crippen LogP contribution in [0, 0.1) is 11.3 Å². The Morgan fingerprint density at radius 3 is 2.74 bits per heavy atom. The summed E-state index contributed by atoms with van der Waals surface area (Å²) in [7, 11) is 0. The molecule has 0 aliphatic heterocycles. The molecule has 1 heterocycles. The van der Waals surface area contributed by atoms with E-state index in [1.54, 1.807) is 6.33 Å². The molecule has 0 spiro atoms. The van der Waals surface area contributed by atoms with Gasteiger partial charge in [0.05, 0.1) is 17.4 Å². The Bertz CT molecular complexity index is 995. The maximum atomic E-state index is 12.3. The van der Waals surface area contributed by atoms with Gasteiger partial charge in [-0.15, -0.1) is 0 Å². The van der Waals surface area contributed by atoms with E-state index in [0.29, 0.717) is 5.69 Å². The zero-order chi connectivity index (χ0) is 19.1. The lowest BCUT2D eigenvalue weighted by Gasteiger charge is -2.07. The Morgan fingerprint density at radius 2 is 2.00 bits per heavy atom. The number of hydrogen-bond donors (Lipinski definition) is 3. The second kappa shape index (κ2) is 8.68. The molecule has 2 aromatic carbocycles. The van der Waals surface area contributed by atoms with Crippen molar-refractivity contribution in [3.63, 3.8) is 0 Å². The number of aromatic nitrogens is 2. The zero-order valence-electron chi connectivity index (χ0n) is 15.1. The minimum Gasteiger partial charge on any atom is -0.360 e. The molecule has 0 unspecified atom stereocenters. The molecule has 6 heteroatoms. The molecule has 0 saturated heterocycles. The van der Waals surface area contributed by atoms with Gasteiger partial charge in [0.1, 0.15) is 11.6 Å². The molecule has 0 bridgehead atoms. The van der Waals surface area contributed by atoms with Crippen LogP contribution in [0.3, 0.4) is 0 Å². The fourth-order valence-corrected chi connectivity index (χ4v) is 2.66. The second-order valence-corrected chi connectivity index (χ2v) is 6.20. The van der Waals surface area contributed by atoms with Crippen LogP contribution in [0.1, 0.15) is 25.3 Å². The van der Waals surface area contributed by atoms with Gasteiger partial charge in [0.15, 0.2) is 0 Å². The van der Waals surface area contributed by atoms with Crippen molar-refractivity contribution >= 4 is 28.3 Å². The second-order valence-electron chi connectivity index (χ2n) is 6.20. The number of aryl methyl sites for hydroxylation is 1. The lowest BCUT2D eigenvalue weighted by Crippen LogP contribution is -2.14. The molecule has 3 rings (SSSR count). The molecule has 27 heavy (non-hydrogen) atoms. The Morgan fingerprint density at radius 1 is 1.22 bits per heavy atom. The van der Waals surface area contributed by atoms with Gasteiger partial charge in [0, 0.05) is 17.6 Å². The van der Waals surface area contributed by atoms with Gasteiger partial charge in [-0.3, -0.25) is 4.79 Å². The van der Waals surface area contributed by atoms with Crippen molar-refractivity contribution in [1.29, 1.82) is 5.26 Å². The van der Waals surface area contributed by atoms with Crippen molar-refractivity contribution in [2.24, 2.45) is 0 Å². The lowest BCUT2D eigenvalue weighted by atomic mass is 10.1. The highest BCUT2D eigenvalue weighted by molar-refractivity contribution is 6.06. The van der Waals surface area contributed by atoms with Crippen molar-refractivity contribution in [1.82, 2.24) is 9.97 Å². The van der Waals surface area contributed by atoms with E-state index < -0.39 is 5.91 Å². The van der Waals surface area contributed by atoms with E-state index in [4.69, 9.17) is 0 Å². The van der Waals surface area contributed by atoms with E-state index >= 15 is 0 Å². The van der Waals surface area contributed by atoms with Gasteiger partial charge in [-0.25, -0.2) is 4.98 Å². The number of benzene rings is 2. The summed E-state index contributed by atoms with van der Waals surface area (Å²) >= 11 is 0. The van der Waals surface area contributed by atoms with Gasteiger partial charge in [-0.1, -0.05) is 25.5 Å². The van der Waals surface area contributed by atoms with Crippen molar-refractivity contribution in [3.8, 4) is 6.07 Å². The molecule has 3 aromatic rings. The molecule has 0 atom stereocenters. The summed E-state index contributed by atoms with van der Waals surface area (Å²) in [5.74, 6) is -0.450. The molecule has 0 saturated carbocycles. The smallest absolute Gasteiger partial charge is 0.267 e. The number of hydrogen-bond acceptors (Lipinski definition) is 4. The molecule has 0 aliphatic rings. The molecule has 1 amide bonds. The van der Waals surface area contributed by atoms with E-state index in [-0.39, 0.29) is 5.57 Å². The minimum atomic E-state index is -0.450. The third-order valence-electron chi connectivity index (χ3n) is 4.20. The summed E-state index contributed by atoms with van der Waals surface area (Å²) < 4.78 is 0. The van der Waals surface area contributed by atoms with Gasteiger partial charge < -0.3 is 15.6 Å². The molecule has 136 valence electrons. The summed E-state index contributed by atoms with van der Waals surface area (Å²) in [4.78, 5) is 19.5. The number of nitriles is 1. The topological polar surface area (TPSA) is 93.6 Å². The molecule has 3 N–H and O–H groups in total. The fourth-order valence-electron chi connectivity index (χ4n) is 2.66.